The standard InChI is InChI=1S/C28H27ClN4O2S/c1-17(2)24-14-21(18(3)13-26(24)35-4)15-30-33-27(34)20-7-5-19(6-8-20)25-16-36-28(32-25)31-23-11-9-22(29)10-12-23/h5-17H,1-4H3,(H,31,32)(H,33,34)/b30-15-. The Kier molecular flexibility index (Phi) is 8.03. The summed E-state index contributed by atoms with van der Waals surface area (Å²) in [6, 6.07) is 18.8. The average Bonchev–Trinajstić information content (AvgIpc) is 3.34. The molecule has 0 saturated carbocycles. The molecule has 0 aliphatic rings. The number of hydrogen-bond acceptors (Lipinski definition) is 6. The van der Waals surface area contributed by atoms with Crippen LogP contribution in [0.2, 0.25) is 5.02 Å². The van der Waals surface area contributed by atoms with Crippen LogP contribution in [0.3, 0.4) is 0 Å². The van der Waals surface area contributed by atoms with Gasteiger partial charge in [0.1, 0.15) is 5.75 Å². The molecule has 184 valence electrons. The first-order valence-corrected chi connectivity index (χ1v) is 12.7. The van der Waals surface area contributed by atoms with Crippen molar-refractivity contribution in [3.8, 4) is 17.0 Å². The van der Waals surface area contributed by atoms with E-state index in [1.807, 2.05) is 60.8 Å². The van der Waals surface area contributed by atoms with Gasteiger partial charge in [0.05, 0.1) is 19.0 Å². The number of anilines is 2. The molecule has 8 heteroatoms. The number of ether oxygens (including phenoxy) is 1. The fraction of sp³-hybridized carbons (Fsp3) is 0.179. The molecule has 0 fully saturated rings. The van der Waals surface area contributed by atoms with Crippen molar-refractivity contribution in [2.24, 2.45) is 5.10 Å². The van der Waals surface area contributed by atoms with Gasteiger partial charge in [0.2, 0.25) is 0 Å². The largest absolute Gasteiger partial charge is 0.496 e. The molecule has 0 aliphatic heterocycles. The van der Waals surface area contributed by atoms with Gasteiger partial charge in [0.25, 0.3) is 5.91 Å². The van der Waals surface area contributed by atoms with Gasteiger partial charge in [0.15, 0.2) is 5.13 Å². The lowest BCUT2D eigenvalue weighted by Crippen LogP contribution is -2.17. The smallest absolute Gasteiger partial charge is 0.271 e. The number of methoxy groups -OCH3 is 1. The highest BCUT2D eigenvalue weighted by Gasteiger charge is 2.11. The van der Waals surface area contributed by atoms with Crippen LogP contribution in [0.1, 0.15) is 46.8 Å². The Morgan fingerprint density at radius 3 is 2.50 bits per heavy atom. The number of aromatic nitrogens is 1. The Bertz CT molecular complexity index is 1380. The lowest BCUT2D eigenvalue weighted by molar-refractivity contribution is 0.0955. The molecule has 0 spiro atoms. The van der Waals surface area contributed by atoms with Gasteiger partial charge in [-0.3, -0.25) is 4.79 Å². The van der Waals surface area contributed by atoms with Crippen molar-refractivity contribution in [3.63, 3.8) is 0 Å². The number of rotatable bonds is 8. The molecule has 2 N–H and O–H groups in total. The molecule has 0 radical (unpaired) electrons. The predicted molar refractivity (Wildman–Crippen MR) is 149 cm³/mol. The lowest BCUT2D eigenvalue weighted by Gasteiger charge is -2.14. The van der Waals surface area contributed by atoms with Gasteiger partial charge in [0, 0.05) is 27.2 Å². The maximum atomic E-state index is 12.6. The number of nitrogens with one attached hydrogen (secondary N) is 2. The molecular formula is C28H27ClN4O2S. The van der Waals surface area contributed by atoms with Crippen molar-refractivity contribution in [1.82, 2.24) is 10.4 Å². The molecule has 3 aromatic carbocycles. The van der Waals surface area contributed by atoms with E-state index < -0.39 is 0 Å². The maximum absolute atomic E-state index is 12.6. The zero-order valence-corrected chi connectivity index (χ0v) is 22.1. The number of aryl methyl sites for hydroxylation is 1. The number of amides is 1. The normalized spacial score (nSPS) is 11.2. The molecule has 0 aliphatic carbocycles. The van der Waals surface area contributed by atoms with Crippen LogP contribution in [-0.4, -0.2) is 24.2 Å². The van der Waals surface area contributed by atoms with Crippen LogP contribution in [0.15, 0.2) is 71.1 Å². The zero-order valence-electron chi connectivity index (χ0n) is 20.5. The number of thiazole rings is 1. The third-order valence-corrected chi connectivity index (χ3v) is 6.66. The molecule has 0 saturated heterocycles. The summed E-state index contributed by atoms with van der Waals surface area (Å²) in [7, 11) is 1.67. The van der Waals surface area contributed by atoms with Gasteiger partial charge >= 0.3 is 0 Å². The van der Waals surface area contributed by atoms with Crippen molar-refractivity contribution in [1.29, 1.82) is 0 Å². The van der Waals surface area contributed by atoms with E-state index in [4.69, 9.17) is 16.3 Å². The quantitative estimate of drug-likeness (QED) is 0.188. The van der Waals surface area contributed by atoms with E-state index in [0.717, 1.165) is 44.5 Å². The second-order valence-electron chi connectivity index (χ2n) is 8.55. The van der Waals surface area contributed by atoms with Crippen molar-refractivity contribution < 1.29 is 9.53 Å². The number of halogens is 1. The van der Waals surface area contributed by atoms with Crippen LogP contribution < -0.4 is 15.5 Å². The molecule has 0 bridgehead atoms. The highest BCUT2D eigenvalue weighted by molar-refractivity contribution is 7.14. The highest BCUT2D eigenvalue weighted by Crippen LogP contribution is 2.29. The van der Waals surface area contributed by atoms with Gasteiger partial charge in [-0.2, -0.15) is 5.10 Å². The predicted octanol–water partition coefficient (Wildman–Crippen LogP) is 7.41. The summed E-state index contributed by atoms with van der Waals surface area (Å²) in [5, 5.41) is 10.9. The van der Waals surface area contributed by atoms with Crippen LogP contribution >= 0.6 is 22.9 Å². The molecule has 6 nitrogen and oxygen atoms in total. The summed E-state index contributed by atoms with van der Waals surface area (Å²) in [5.41, 5.74) is 8.84. The van der Waals surface area contributed by atoms with E-state index in [9.17, 15) is 4.79 Å². The van der Waals surface area contributed by atoms with Crippen LogP contribution in [0.4, 0.5) is 10.8 Å². The van der Waals surface area contributed by atoms with Crippen molar-refractivity contribution >= 4 is 45.9 Å². The topological polar surface area (TPSA) is 75.6 Å². The first-order chi connectivity index (χ1) is 17.3. The van der Waals surface area contributed by atoms with E-state index in [1.165, 1.54) is 11.3 Å². The SMILES string of the molecule is COc1cc(C)c(/C=N\NC(=O)c2ccc(-c3csc(Nc4ccc(Cl)cc4)n3)cc2)cc1C(C)C. The summed E-state index contributed by atoms with van der Waals surface area (Å²) in [6.07, 6.45) is 1.66. The molecule has 0 unspecified atom stereocenters. The minimum atomic E-state index is -0.281. The summed E-state index contributed by atoms with van der Waals surface area (Å²) in [4.78, 5) is 17.2. The molecule has 1 heterocycles. The van der Waals surface area contributed by atoms with E-state index >= 15 is 0 Å². The number of nitrogens with zero attached hydrogens (tertiary/aromatic N) is 2. The average molecular weight is 519 g/mol. The van der Waals surface area contributed by atoms with Crippen LogP contribution in [-0.2, 0) is 0 Å². The minimum absolute atomic E-state index is 0.281. The molecule has 1 aromatic heterocycles. The summed E-state index contributed by atoms with van der Waals surface area (Å²) in [5.74, 6) is 0.885. The Morgan fingerprint density at radius 2 is 1.83 bits per heavy atom. The van der Waals surface area contributed by atoms with Crippen LogP contribution in [0.25, 0.3) is 11.3 Å². The van der Waals surface area contributed by atoms with Gasteiger partial charge in [-0.05, 0) is 78.1 Å². The van der Waals surface area contributed by atoms with Gasteiger partial charge < -0.3 is 10.1 Å². The lowest BCUT2D eigenvalue weighted by atomic mass is 9.97. The van der Waals surface area contributed by atoms with E-state index in [0.29, 0.717) is 16.5 Å². The van der Waals surface area contributed by atoms with Gasteiger partial charge in [-0.15, -0.1) is 11.3 Å². The first-order valence-electron chi connectivity index (χ1n) is 11.4. The van der Waals surface area contributed by atoms with Crippen molar-refractivity contribution in [3.05, 3.63) is 93.3 Å². The number of hydrogen-bond donors (Lipinski definition) is 2. The van der Waals surface area contributed by atoms with E-state index in [1.54, 1.807) is 25.5 Å². The highest BCUT2D eigenvalue weighted by atomic mass is 35.5. The number of benzene rings is 3. The molecule has 4 rings (SSSR count). The number of hydrazone groups is 1. The fourth-order valence-corrected chi connectivity index (χ4v) is 4.49. The fourth-order valence-electron chi connectivity index (χ4n) is 3.62. The maximum Gasteiger partial charge on any atom is 0.271 e. The van der Waals surface area contributed by atoms with E-state index in [-0.39, 0.29) is 5.91 Å². The third kappa shape index (κ3) is 6.11. The van der Waals surface area contributed by atoms with Crippen LogP contribution in [0, 0.1) is 6.92 Å². The summed E-state index contributed by atoms with van der Waals surface area (Å²) >= 11 is 7.45. The second kappa shape index (κ2) is 11.4. The van der Waals surface area contributed by atoms with Gasteiger partial charge in [-0.1, -0.05) is 37.6 Å². The monoisotopic (exact) mass is 518 g/mol. The Labute approximate surface area is 220 Å². The Hall–Kier alpha value is -3.68. The Balaban J connectivity index is 1.40. The van der Waals surface area contributed by atoms with Crippen molar-refractivity contribution in [2.75, 3.05) is 12.4 Å². The second-order valence-corrected chi connectivity index (χ2v) is 9.85. The minimum Gasteiger partial charge on any atom is -0.496 e. The van der Waals surface area contributed by atoms with E-state index in [2.05, 4.69) is 34.7 Å². The van der Waals surface area contributed by atoms with Gasteiger partial charge in [-0.25, -0.2) is 10.4 Å². The number of carbonyl (C=O) groups excluding carboxylic acids is 1. The first kappa shape index (κ1) is 25.4. The van der Waals surface area contributed by atoms with Crippen LogP contribution in [0.5, 0.6) is 5.75 Å². The third-order valence-electron chi connectivity index (χ3n) is 5.65. The molecule has 1 amide bonds. The van der Waals surface area contributed by atoms with Crippen molar-refractivity contribution in [2.45, 2.75) is 26.7 Å². The zero-order chi connectivity index (χ0) is 25.7. The number of carbonyl (C=O) groups is 1. The molecule has 0 atom stereocenters. The summed E-state index contributed by atoms with van der Waals surface area (Å²) < 4.78 is 5.49. The molecular weight excluding hydrogens is 492 g/mol. The molecule has 4 aromatic rings. The molecule has 36 heavy (non-hydrogen) atoms. The Morgan fingerprint density at radius 1 is 1.11 bits per heavy atom. The summed E-state index contributed by atoms with van der Waals surface area (Å²) in [6.45, 7) is 6.22.